The first-order chi connectivity index (χ1) is 9.16. The molecule has 100 valence electrons. The van der Waals surface area contributed by atoms with Gasteiger partial charge in [-0.1, -0.05) is 6.07 Å². The molecule has 1 atom stereocenters. The predicted molar refractivity (Wildman–Crippen MR) is 76.1 cm³/mol. The van der Waals surface area contributed by atoms with E-state index < -0.39 is 6.10 Å². The van der Waals surface area contributed by atoms with Crippen LogP contribution in [-0.2, 0) is 13.0 Å². The van der Waals surface area contributed by atoms with Gasteiger partial charge in [0.15, 0.2) is 0 Å². The average molecular weight is 277 g/mol. The van der Waals surface area contributed by atoms with Crippen LogP contribution in [-0.4, -0.2) is 11.7 Å². The topological polar surface area (TPSA) is 23.5 Å². The van der Waals surface area contributed by atoms with Crippen LogP contribution in [0.1, 0.15) is 29.0 Å². The minimum Gasteiger partial charge on any atom is -0.389 e. The second-order valence-electron chi connectivity index (χ2n) is 4.89. The van der Waals surface area contributed by atoms with Crippen LogP contribution in [0.2, 0.25) is 0 Å². The zero-order chi connectivity index (χ0) is 13.4. The Morgan fingerprint density at radius 1 is 1.37 bits per heavy atom. The number of benzene rings is 1. The third kappa shape index (κ3) is 2.26. The first-order valence-corrected chi connectivity index (χ1v) is 7.31. The molecule has 3 rings (SSSR count). The maximum absolute atomic E-state index is 13.9. The van der Waals surface area contributed by atoms with E-state index in [4.69, 9.17) is 0 Å². The molecule has 2 aromatic rings. The molecule has 1 aromatic heterocycles. The monoisotopic (exact) mass is 277 g/mol. The summed E-state index contributed by atoms with van der Waals surface area (Å²) in [5.74, 6) is -0.330. The zero-order valence-electron chi connectivity index (χ0n) is 10.8. The molecule has 0 saturated heterocycles. The molecule has 0 aliphatic carbocycles. The van der Waals surface area contributed by atoms with E-state index in [0.717, 1.165) is 25.2 Å². The Balaban J connectivity index is 1.98. The van der Waals surface area contributed by atoms with Crippen molar-refractivity contribution in [1.82, 2.24) is 0 Å². The van der Waals surface area contributed by atoms with Gasteiger partial charge >= 0.3 is 0 Å². The molecule has 0 amide bonds. The number of thiophene rings is 1. The zero-order valence-corrected chi connectivity index (χ0v) is 11.6. The van der Waals surface area contributed by atoms with Crippen molar-refractivity contribution in [3.63, 3.8) is 0 Å². The van der Waals surface area contributed by atoms with E-state index in [0.29, 0.717) is 5.56 Å². The fourth-order valence-electron chi connectivity index (χ4n) is 2.67. The molecule has 0 radical (unpaired) electrons. The van der Waals surface area contributed by atoms with Crippen molar-refractivity contribution >= 4 is 17.0 Å². The summed E-state index contributed by atoms with van der Waals surface area (Å²) < 4.78 is 13.9. The Kier molecular flexibility index (Phi) is 3.29. The lowest BCUT2D eigenvalue weighted by atomic mass is 10.0. The van der Waals surface area contributed by atoms with Gasteiger partial charge in [-0.15, -0.1) is 11.3 Å². The minimum atomic E-state index is -0.792. The van der Waals surface area contributed by atoms with E-state index in [9.17, 15) is 9.50 Å². The largest absolute Gasteiger partial charge is 0.389 e. The number of hydrogen-bond acceptors (Lipinski definition) is 3. The lowest BCUT2D eigenvalue weighted by molar-refractivity contribution is 0.194. The van der Waals surface area contributed by atoms with Crippen molar-refractivity contribution in [2.24, 2.45) is 0 Å². The minimum absolute atomic E-state index is 0.330. The van der Waals surface area contributed by atoms with Crippen molar-refractivity contribution in [3.8, 4) is 0 Å². The number of anilines is 1. The van der Waals surface area contributed by atoms with Gasteiger partial charge in [-0.05, 0) is 42.5 Å². The highest BCUT2D eigenvalue weighted by molar-refractivity contribution is 7.10. The molecular formula is C15H16FNOS. The van der Waals surface area contributed by atoms with E-state index in [-0.39, 0.29) is 5.82 Å². The molecule has 0 bridgehead atoms. The fourth-order valence-corrected chi connectivity index (χ4v) is 3.56. The Hall–Kier alpha value is -1.39. The van der Waals surface area contributed by atoms with Gasteiger partial charge in [-0.25, -0.2) is 4.39 Å². The SMILES string of the molecule is C[C@@H](O)c1c(F)cccc1N1CCc2sccc2C1. The lowest BCUT2D eigenvalue weighted by Gasteiger charge is -2.31. The van der Waals surface area contributed by atoms with E-state index >= 15 is 0 Å². The molecular weight excluding hydrogens is 261 g/mol. The average Bonchev–Trinajstić information content (AvgIpc) is 2.85. The molecule has 1 N–H and O–H groups in total. The normalized spacial score (nSPS) is 16.3. The first kappa shape index (κ1) is 12.6. The van der Waals surface area contributed by atoms with Crippen molar-refractivity contribution in [1.29, 1.82) is 0 Å². The molecule has 4 heteroatoms. The second kappa shape index (κ2) is 4.94. The summed E-state index contributed by atoms with van der Waals surface area (Å²) >= 11 is 1.79. The maximum atomic E-state index is 13.9. The second-order valence-corrected chi connectivity index (χ2v) is 5.89. The molecule has 2 heterocycles. The summed E-state index contributed by atoms with van der Waals surface area (Å²) in [6, 6.07) is 7.14. The Labute approximate surface area is 116 Å². The quantitative estimate of drug-likeness (QED) is 0.908. The molecule has 1 aliphatic rings. The number of aliphatic hydroxyl groups excluding tert-OH is 1. The molecule has 0 fully saturated rings. The Morgan fingerprint density at radius 2 is 2.21 bits per heavy atom. The van der Waals surface area contributed by atoms with Crippen molar-refractivity contribution in [3.05, 3.63) is 51.5 Å². The number of fused-ring (bicyclic) bond motifs is 1. The Bertz CT molecular complexity index is 594. The van der Waals surface area contributed by atoms with Gasteiger partial charge in [0.05, 0.1) is 6.10 Å². The van der Waals surface area contributed by atoms with Gasteiger partial charge < -0.3 is 10.0 Å². The summed E-state index contributed by atoms with van der Waals surface area (Å²) in [5.41, 5.74) is 2.53. The summed E-state index contributed by atoms with van der Waals surface area (Å²) in [6.07, 6.45) is 0.197. The van der Waals surface area contributed by atoms with Crippen LogP contribution in [0.5, 0.6) is 0 Å². The van der Waals surface area contributed by atoms with Crippen LogP contribution >= 0.6 is 11.3 Å². The summed E-state index contributed by atoms with van der Waals surface area (Å²) in [7, 11) is 0. The maximum Gasteiger partial charge on any atom is 0.131 e. The third-order valence-corrected chi connectivity index (χ3v) is 4.62. The van der Waals surface area contributed by atoms with Crippen LogP contribution in [0.25, 0.3) is 0 Å². The van der Waals surface area contributed by atoms with Crippen LogP contribution < -0.4 is 4.90 Å². The molecule has 0 saturated carbocycles. The van der Waals surface area contributed by atoms with Gasteiger partial charge in [-0.3, -0.25) is 0 Å². The van der Waals surface area contributed by atoms with Crippen LogP contribution in [0.4, 0.5) is 10.1 Å². The summed E-state index contributed by atoms with van der Waals surface area (Å²) in [6.45, 7) is 3.28. The van der Waals surface area contributed by atoms with Crippen LogP contribution in [0, 0.1) is 5.82 Å². The summed E-state index contributed by atoms with van der Waals surface area (Å²) in [5, 5.41) is 11.9. The number of aliphatic hydroxyl groups is 1. The van der Waals surface area contributed by atoms with Gasteiger partial charge in [0.1, 0.15) is 5.82 Å². The van der Waals surface area contributed by atoms with Gasteiger partial charge in [0, 0.05) is 29.2 Å². The summed E-state index contributed by atoms with van der Waals surface area (Å²) in [4.78, 5) is 3.58. The number of nitrogens with zero attached hydrogens (tertiary/aromatic N) is 1. The van der Waals surface area contributed by atoms with E-state index in [2.05, 4.69) is 16.3 Å². The fraction of sp³-hybridized carbons (Fsp3) is 0.333. The number of rotatable bonds is 2. The molecule has 19 heavy (non-hydrogen) atoms. The highest BCUT2D eigenvalue weighted by atomic mass is 32.1. The standard InChI is InChI=1S/C15H16FNOS/c1-10(18)15-12(16)3-2-4-13(15)17-7-5-14-11(9-17)6-8-19-14/h2-4,6,8,10,18H,5,7,9H2,1H3/t10-/m1/s1. The highest BCUT2D eigenvalue weighted by Gasteiger charge is 2.22. The van der Waals surface area contributed by atoms with Crippen molar-refractivity contribution < 1.29 is 9.50 Å². The molecule has 0 unspecified atom stereocenters. The van der Waals surface area contributed by atoms with E-state index in [1.807, 2.05) is 6.07 Å². The Morgan fingerprint density at radius 3 is 3.00 bits per heavy atom. The molecule has 2 nitrogen and oxygen atoms in total. The van der Waals surface area contributed by atoms with Gasteiger partial charge in [-0.2, -0.15) is 0 Å². The van der Waals surface area contributed by atoms with E-state index in [1.54, 1.807) is 24.3 Å². The number of hydrogen-bond donors (Lipinski definition) is 1. The molecule has 1 aromatic carbocycles. The predicted octanol–water partition coefficient (Wildman–Crippen LogP) is 3.50. The van der Waals surface area contributed by atoms with Gasteiger partial charge in [0.25, 0.3) is 0 Å². The third-order valence-electron chi connectivity index (χ3n) is 3.60. The lowest BCUT2D eigenvalue weighted by Crippen LogP contribution is -2.30. The smallest absolute Gasteiger partial charge is 0.131 e. The first-order valence-electron chi connectivity index (χ1n) is 6.43. The number of halogens is 1. The van der Waals surface area contributed by atoms with Crippen molar-refractivity contribution in [2.75, 3.05) is 11.4 Å². The van der Waals surface area contributed by atoms with Crippen LogP contribution in [0.3, 0.4) is 0 Å². The van der Waals surface area contributed by atoms with Crippen molar-refractivity contribution in [2.45, 2.75) is 26.0 Å². The van der Waals surface area contributed by atoms with E-state index in [1.165, 1.54) is 16.5 Å². The van der Waals surface area contributed by atoms with Crippen LogP contribution in [0.15, 0.2) is 29.6 Å². The van der Waals surface area contributed by atoms with Gasteiger partial charge in [0.2, 0.25) is 0 Å². The molecule has 0 spiro atoms. The highest BCUT2D eigenvalue weighted by Crippen LogP contribution is 2.33. The molecule has 1 aliphatic heterocycles.